The molecule has 0 saturated carbocycles. The van der Waals surface area contributed by atoms with Crippen molar-refractivity contribution in [2.75, 3.05) is 6.66 Å². The highest BCUT2D eigenvalue weighted by Crippen LogP contribution is 2.44. The average Bonchev–Trinajstić information content (AvgIpc) is 0.811. The summed E-state index contributed by atoms with van der Waals surface area (Å²) in [6.45, 7) is 2.08. The molecule has 0 fully saturated rings. The normalized spacial score (nSPS) is 15.8. The maximum Gasteiger partial charge on any atom is 0.0120 e. The molecule has 0 heterocycles. The van der Waals surface area contributed by atoms with Crippen molar-refractivity contribution in [2.24, 2.45) is 0 Å². The molecule has 0 amide bonds. The first-order valence-corrected chi connectivity index (χ1v) is 6.54. The summed E-state index contributed by atoms with van der Waals surface area (Å²) in [7, 11) is 0. The Balaban J connectivity index is 2.32. The largest absolute Gasteiger partial charge is 0.141 e. The molecule has 0 N–H and O–H groups in total. The topological polar surface area (TPSA) is 0 Å². The molecule has 0 aromatic rings. The lowest BCUT2D eigenvalue weighted by Gasteiger charge is -1.76. The van der Waals surface area contributed by atoms with Crippen molar-refractivity contribution in [3.8, 4) is 0 Å². The van der Waals surface area contributed by atoms with Crippen LogP contribution in [0, 0.1) is 0 Å². The highest BCUT2D eigenvalue weighted by Gasteiger charge is 1.71. The zero-order chi connectivity index (χ0) is 3.58. The Kier molecular flexibility index (Phi) is 3.76. The van der Waals surface area contributed by atoms with Crippen LogP contribution in [0.4, 0.5) is 0 Å². The first-order valence-electron chi connectivity index (χ1n) is 0.816. The molecule has 0 aliphatic carbocycles. The third kappa shape index (κ3) is 9.70. The van der Waals surface area contributed by atoms with Crippen LogP contribution in [0.15, 0.2) is 0 Å². The summed E-state index contributed by atoms with van der Waals surface area (Å²) < 4.78 is 0.0441. The molecule has 0 nitrogen and oxygen atoms in total. The average molecular weight is 206 g/mol. The molecule has 0 aliphatic heterocycles. The van der Waals surface area contributed by atoms with Gasteiger partial charge in [0, 0.05) is 4.77 Å². The Labute approximate surface area is 45.7 Å². The molecule has 1 atom stereocenters. The van der Waals surface area contributed by atoms with E-state index in [-0.39, 0.29) is 4.77 Å². The van der Waals surface area contributed by atoms with Crippen LogP contribution in [-0.4, -0.2) is 6.66 Å². The van der Waals surface area contributed by atoms with Crippen LogP contribution in [-0.2, 0) is 0 Å². The standard InChI is InChI=1S/CH4IPS/c1-3(2)4/h4H,1H3. The van der Waals surface area contributed by atoms with Crippen molar-refractivity contribution >= 4 is 39.1 Å². The number of thiol groups is 1. The van der Waals surface area contributed by atoms with Gasteiger partial charge in [-0.3, -0.25) is 0 Å². The minimum atomic E-state index is 0.0441. The van der Waals surface area contributed by atoms with Crippen molar-refractivity contribution < 1.29 is 0 Å². The van der Waals surface area contributed by atoms with Crippen molar-refractivity contribution in [1.82, 2.24) is 0 Å². The molecule has 26 valence electrons. The van der Waals surface area contributed by atoms with Crippen LogP contribution >= 0.6 is 39.1 Å². The van der Waals surface area contributed by atoms with Gasteiger partial charge in [0.05, 0.1) is 0 Å². The molecule has 0 radical (unpaired) electrons. The maximum absolute atomic E-state index is 4.02. The SMILES string of the molecule is CP(S)I. The highest BCUT2D eigenvalue weighted by molar-refractivity contribution is 14.2. The Morgan fingerprint density at radius 3 is 2.00 bits per heavy atom. The monoisotopic (exact) mass is 206 g/mol. The lowest BCUT2D eigenvalue weighted by atomic mass is 12.0. The summed E-state index contributed by atoms with van der Waals surface area (Å²) in [4.78, 5) is 0. The third-order valence-electron chi connectivity index (χ3n) is 0. The van der Waals surface area contributed by atoms with Crippen molar-refractivity contribution in [1.29, 1.82) is 0 Å². The van der Waals surface area contributed by atoms with Gasteiger partial charge in [-0.2, -0.15) is 0 Å². The van der Waals surface area contributed by atoms with E-state index in [2.05, 4.69) is 41.0 Å². The van der Waals surface area contributed by atoms with Gasteiger partial charge in [0.15, 0.2) is 0 Å². The van der Waals surface area contributed by atoms with E-state index in [9.17, 15) is 0 Å². The van der Waals surface area contributed by atoms with Gasteiger partial charge < -0.3 is 0 Å². The predicted octanol–water partition coefficient (Wildman–Crippen LogP) is 2.29. The number of halogens is 1. The lowest BCUT2D eigenvalue weighted by Crippen LogP contribution is -1.18. The fraction of sp³-hybridized carbons (Fsp3) is 1.00. The summed E-state index contributed by atoms with van der Waals surface area (Å²) >= 11 is 6.29. The second-order valence-electron chi connectivity index (χ2n) is 0.445. The minimum Gasteiger partial charge on any atom is -0.141 e. The molecule has 0 saturated heterocycles. The van der Waals surface area contributed by atoms with Gasteiger partial charge in [0.25, 0.3) is 0 Å². The molecule has 0 aliphatic rings. The fourth-order valence-electron chi connectivity index (χ4n) is 0. The third-order valence-corrected chi connectivity index (χ3v) is 0. The Bertz CT molecular complexity index is 12.8. The number of rotatable bonds is 0. The van der Waals surface area contributed by atoms with Gasteiger partial charge in [-0.1, -0.05) is 0 Å². The van der Waals surface area contributed by atoms with E-state index in [1.165, 1.54) is 0 Å². The van der Waals surface area contributed by atoms with Gasteiger partial charge in [0.2, 0.25) is 0 Å². The number of hydrogen-bond donors (Lipinski definition) is 1. The van der Waals surface area contributed by atoms with Crippen LogP contribution in [0.1, 0.15) is 0 Å². The first-order chi connectivity index (χ1) is 1.73. The molecule has 0 aromatic carbocycles. The molecule has 0 bridgehead atoms. The van der Waals surface area contributed by atoms with Crippen molar-refractivity contribution in [3.05, 3.63) is 0 Å². The summed E-state index contributed by atoms with van der Waals surface area (Å²) in [5.41, 5.74) is 0. The lowest BCUT2D eigenvalue weighted by molar-refractivity contribution is 2.51. The Morgan fingerprint density at radius 2 is 2.00 bits per heavy atom. The van der Waals surface area contributed by atoms with E-state index in [1.807, 2.05) is 0 Å². The van der Waals surface area contributed by atoms with Gasteiger partial charge in [-0.05, 0) is 28.7 Å². The van der Waals surface area contributed by atoms with E-state index in [0.717, 1.165) is 0 Å². The molecular formula is CH4IPS. The molecule has 0 rings (SSSR count). The van der Waals surface area contributed by atoms with Crippen LogP contribution in [0.2, 0.25) is 0 Å². The molecule has 0 aromatic heterocycles. The Morgan fingerprint density at radius 1 is 2.00 bits per heavy atom. The maximum atomic E-state index is 4.02. The summed E-state index contributed by atoms with van der Waals surface area (Å²) in [5, 5.41) is 0. The zero-order valence-electron chi connectivity index (χ0n) is 2.27. The zero-order valence-corrected chi connectivity index (χ0v) is 6.22. The van der Waals surface area contributed by atoms with Crippen LogP contribution in [0.5, 0.6) is 0 Å². The van der Waals surface area contributed by atoms with E-state index in [0.29, 0.717) is 0 Å². The van der Waals surface area contributed by atoms with Gasteiger partial charge in [-0.15, -0.1) is 12.2 Å². The van der Waals surface area contributed by atoms with Crippen LogP contribution in [0.3, 0.4) is 0 Å². The Hall–Kier alpha value is 1.51. The van der Waals surface area contributed by atoms with Crippen molar-refractivity contribution in [2.45, 2.75) is 0 Å². The summed E-state index contributed by atoms with van der Waals surface area (Å²) in [5.74, 6) is 0. The minimum absolute atomic E-state index is 0.0441. The number of hydrogen-bond acceptors (Lipinski definition) is 1. The fourth-order valence-corrected chi connectivity index (χ4v) is 0. The quantitative estimate of drug-likeness (QED) is 0.351. The molecule has 4 heavy (non-hydrogen) atoms. The van der Waals surface area contributed by atoms with E-state index in [1.54, 1.807) is 0 Å². The van der Waals surface area contributed by atoms with Crippen LogP contribution in [0.25, 0.3) is 0 Å². The second-order valence-corrected chi connectivity index (χ2v) is 9.77. The van der Waals surface area contributed by atoms with E-state index in [4.69, 9.17) is 0 Å². The predicted molar refractivity (Wildman–Crippen MR) is 35.9 cm³/mol. The van der Waals surface area contributed by atoms with Gasteiger partial charge in [0.1, 0.15) is 0 Å². The second kappa shape index (κ2) is 2.73. The van der Waals surface area contributed by atoms with Crippen LogP contribution < -0.4 is 0 Å². The van der Waals surface area contributed by atoms with Crippen molar-refractivity contribution in [3.63, 3.8) is 0 Å². The molecule has 0 spiro atoms. The van der Waals surface area contributed by atoms with E-state index >= 15 is 0 Å². The molecular weight excluding hydrogens is 202 g/mol. The molecule has 1 unspecified atom stereocenters. The summed E-state index contributed by atoms with van der Waals surface area (Å²) in [6.07, 6.45) is 0. The van der Waals surface area contributed by atoms with Gasteiger partial charge >= 0.3 is 0 Å². The molecule has 3 heteroatoms. The first kappa shape index (κ1) is 5.51. The summed E-state index contributed by atoms with van der Waals surface area (Å²) in [6, 6.07) is 0. The smallest absolute Gasteiger partial charge is 0.0120 e. The highest BCUT2D eigenvalue weighted by atomic mass is 127. The van der Waals surface area contributed by atoms with E-state index < -0.39 is 0 Å². The van der Waals surface area contributed by atoms with Gasteiger partial charge in [-0.25, -0.2) is 0 Å².